The first-order chi connectivity index (χ1) is 40.3. The van der Waals surface area contributed by atoms with Crippen molar-refractivity contribution in [2.24, 2.45) is 97.8 Å². The third-order valence-corrected chi connectivity index (χ3v) is 23.8. The first kappa shape index (κ1) is 62.3. The largest absolute Gasteiger partial charge is 0.464 e. The Morgan fingerprint density at radius 1 is 0.679 bits per heavy atom. The number of ether oxygens (including phenoxy) is 8. The van der Waals surface area contributed by atoms with E-state index in [1.807, 2.05) is 0 Å². The molecular weight excluding hydrogens is 1080 g/mol. The summed E-state index contributed by atoms with van der Waals surface area (Å²) in [4.78, 5) is 103. The minimum Gasteiger partial charge on any atom is -0.464 e. The first-order valence-corrected chi connectivity index (χ1v) is 30.7. The summed E-state index contributed by atoms with van der Waals surface area (Å²) < 4.78 is 48.1. The number of rotatable bonds is 25. The second-order valence-corrected chi connectivity index (χ2v) is 27.1. The number of azide groups is 1. The van der Waals surface area contributed by atoms with Crippen molar-refractivity contribution in [1.82, 2.24) is 15.0 Å². The molecule has 0 saturated heterocycles. The van der Waals surface area contributed by atoms with Gasteiger partial charge in [0.05, 0.1) is 6.20 Å². The van der Waals surface area contributed by atoms with Gasteiger partial charge in [-0.1, -0.05) is 57.8 Å². The minimum atomic E-state index is -0.572. The molecule has 22 atom stereocenters. The van der Waals surface area contributed by atoms with Gasteiger partial charge in [-0.2, -0.15) is 0 Å². The van der Waals surface area contributed by atoms with Gasteiger partial charge in [0.1, 0.15) is 62.0 Å². The van der Waals surface area contributed by atoms with E-state index in [1.54, 1.807) is 6.20 Å². The monoisotopic (exact) mass is 1170 g/mol. The van der Waals surface area contributed by atoms with E-state index in [0.29, 0.717) is 95.8 Å². The second-order valence-electron chi connectivity index (χ2n) is 27.1. The summed E-state index contributed by atoms with van der Waals surface area (Å²) in [7, 11) is 0. The fourth-order valence-corrected chi connectivity index (χ4v) is 20.0. The van der Waals surface area contributed by atoms with E-state index < -0.39 is 34.8 Å². The zero-order chi connectivity index (χ0) is 60.1. The quantitative estimate of drug-likeness (QED) is 0.0169. The number of terminal acetylenes is 1. The molecule has 0 radical (unpaired) electrons. The molecule has 460 valence electrons. The van der Waals surface area contributed by atoms with Gasteiger partial charge >= 0.3 is 23.9 Å². The molecule has 8 saturated carbocycles. The molecule has 0 bridgehead atoms. The Labute approximate surface area is 491 Å². The van der Waals surface area contributed by atoms with E-state index in [9.17, 15) is 38.4 Å². The van der Waals surface area contributed by atoms with Crippen molar-refractivity contribution in [2.45, 2.75) is 207 Å². The standard InChI is InChI=1S/C62H86N6O16/c1-8-21-77-53(73)15-9-36(2)43-11-13-45-58-48(27-51(81-34-71)61(43,45)6)60(5)20-18-42(23-39(60)25-50(58)80-33-70)84-56(76)30-68-29-40(65-67-68)31-78-54(74)16-10-37(3)44-12-14-46-57-47(26-52(82-35-72)62(44,46)7)59(4)19-17-41(83-55(75)28-64-66-63)22-38(59)24-49(57)79-32-69/h1,29,32-39,41-52,57-58H,9-28,30-31H2,2-7H3/t36-,37-,38+,39+,41-,42-,43-,44-,45+,46+,47+,48+,49-,50-,51+,52+,57+,58+,59+,60+,61-,62-/m1/s1. The summed E-state index contributed by atoms with van der Waals surface area (Å²) in [6, 6.07) is 0. The van der Waals surface area contributed by atoms with Crippen molar-refractivity contribution in [3.63, 3.8) is 0 Å². The highest BCUT2D eigenvalue weighted by Gasteiger charge is 2.69. The number of aromatic nitrogens is 3. The summed E-state index contributed by atoms with van der Waals surface area (Å²) in [6.07, 6.45) is 16.0. The Morgan fingerprint density at radius 2 is 1.17 bits per heavy atom. The molecule has 84 heavy (non-hydrogen) atoms. The lowest BCUT2D eigenvalue weighted by Gasteiger charge is -2.64. The number of esters is 4. The zero-order valence-corrected chi connectivity index (χ0v) is 49.6. The first-order valence-electron chi connectivity index (χ1n) is 30.7. The Morgan fingerprint density at radius 3 is 1.64 bits per heavy atom. The van der Waals surface area contributed by atoms with Crippen LogP contribution in [0.15, 0.2) is 11.3 Å². The molecule has 8 aliphatic rings. The average molecular weight is 1170 g/mol. The van der Waals surface area contributed by atoms with Crippen LogP contribution in [-0.2, 0) is 89.4 Å². The van der Waals surface area contributed by atoms with Gasteiger partial charge in [0.15, 0.2) is 6.61 Å². The molecule has 0 amide bonds. The van der Waals surface area contributed by atoms with Crippen molar-refractivity contribution in [3.05, 3.63) is 22.3 Å². The van der Waals surface area contributed by atoms with Gasteiger partial charge in [0.2, 0.25) is 0 Å². The minimum absolute atomic E-state index is 0.0207. The Kier molecular flexibility index (Phi) is 19.4. The van der Waals surface area contributed by atoms with Gasteiger partial charge in [0, 0.05) is 40.4 Å². The number of carbonyl (C=O) groups excluding carboxylic acids is 8. The van der Waals surface area contributed by atoms with Gasteiger partial charge in [-0.15, -0.1) is 11.5 Å². The number of hydrogen-bond acceptors (Lipinski definition) is 19. The highest BCUT2D eigenvalue weighted by molar-refractivity contribution is 5.72. The summed E-state index contributed by atoms with van der Waals surface area (Å²) in [5.74, 6) is 1.49. The maximum Gasteiger partial charge on any atom is 0.328 e. The second kappa shape index (κ2) is 26.2. The topological polar surface area (TPSA) is 290 Å². The Hall–Kier alpha value is -6.23. The molecule has 22 nitrogen and oxygen atoms in total. The van der Waals surface area contributed by atoms with E-state index >= 15 is 0 Å². The van der Waals surface area contributed by atoms with Crippen LogP contribution in [0.25, 0.3) is 10.4 Å². The van der Waals surface area contributed by atoms with Crippen LogP contribution in [0.4, 0.5) is 0 Å². The van der Waals surface area contributed by atoms with Crippen molar-refractivity contribution in [3.8, 4) is 12.3 Å². The zero-order valence-electron chi connectivity index (χ0n) is 49.6. The van der Waals surface area contributed by atoms with Crippen molar-refractivity contribution in [2.75, 3.05) is 13.2 Å². The lowest BCUT2D eigenvalue weighted by molar-refractivity contribution is -0.219. The van der Waals surface area contributed by atoms with E-state index in [1.165, 1.54) is 4.68 Å². The third kappa shape index (κ3) is 12.0. The highest BCUT2D eigenvalue weighted by atomic mass is 16.6. The molecule has 1 aromatic heterocycles. The van der Waals surface area contributed by atoms with Gasteiger partial charge < -0.3 is 37.9 Å². The van der Waals surface area contributed by atoms with E-state index in [2.05, 4.69) is 67.8 Å². The van der Waals surface area contributed by atoms with E-state index in [4.69, 9.17) is 49.8 Å². The number of carbonyl (C=O) groups is 8. The van der Waals surface area contributed by atoms with Crippen LogP contribution in [0.2, 0.25) is 0 Å². The van der Waals surface area contributed by atoms with Crippen molar-refractivity contribution < 1.29 is 76.3 Å². The molecule has 8 fully saturated rings. The maximum atomic E-state index is 13.5. The normalized spacial score (nSPS) is 39.5. The Balaban J connectivity index is 0.761. The molecule has 1 heterocycles. The molecule has 9 rings (SSSR count). The van der Waals surface area contributed by atoms with Crippen LogP contribution in [0.3, 0.4) is 0 Å². The SMILES string of the molecule is C#CCOC(=O)CC[C@@H](C)[C@H]1CC[C@H]2[C@@H]3[C@H](OC=O)C[C@@H]4C[C@H](OC(=O)Cn5cc(COC(=O)CC[C@@H](C)[C@H]6CC[C@H]7[C@@H]8[C@H](OC=O)C[C@@H]9C[C@H](OC(=O)CN=[N+]=[N-])CC[C@]9(C)[C@H]8C[C@H](OC=O)[C@]67C)nn5)CC[C@]4(C)[C@H]3C[C@H](OC=O)[C@]12C. The number of fused-ring (bicyclic) bond motifs is 10. The summed E-state index contributed by atoms with van der Waals surface area (Å²) in [5.41, 5.74) is 7.78. The molecular formula is C62H86N6O16. The van der Waals surface area contributed by atoms with E-state index in [0.717, 1.165) is 38.5 Å². The third-order valence-electron chi connectivity index (χ3n) is 23.8. The predicted octanol–water partition coefficient (Wildman–Crippen LogP) is 8.39. The van der Waals surface area contributed by atoms with Gasteiger partial charge in [-0.05, 0) is 178 Å². The molecule has 1 aromatic rings. The van der Waals surface area contributed by atoms with Crippen molar-refractivity contribution >= 4 is 49.8 Å². The van der Waals surface area contributed by atoms with Crippen LogP contribution in [0.1, 0.15) is 163 Å². The fourth-order valence-electron chi connectivity index (χ4n) is 20.0. The number of hydrogen-bond donors (Lipinski definition) is 0. The molecule has 0 aromatic carbocycles. The van der Waals surface area contributed by atoms with E-state index in [-0.39, 0.29) is 157 Å². The summed E-state index contributed by atoms with van der Waals surface area (Å²) in [5, 5.41) is 11.6. The molecule has 8 aliphatic carbocycles. The van der Waals surface area contributed by atoms with Crippen LogP contribution in [0.5, 0.6) is 0 Å². The number of nitrogens with zero attached hydrogens (tertiary/aromatic N) is 6. The van der Waals surface area contributed by atoms with Crippen LogP contribution >= 0.6 is 0 Å². The van der Waals surface area contributed by atoms with Gasteiger partial charge in [-0.25, -0.2) is 4.68 Å². The average Bonchev–Trinajstić information content (AvgIpc) is 1.33. The lowest BCUT2D eigenvalue weighted by atomic mass is 9.43. The maximum absolute atomic E-state index is 13.5. The lowest BCUT2D eigenvalue weighted by Crippen LogP contribution is -2.63. The summed E-state index contributed by atoms with van der Waals surface area (Å²) >= 11 is 0. The predicted molar refractivity (Wildman–Crippen MR) is 296 cm³/mol. The molecule has 0 unspecified atom stereocenters. The Bertz CT molecular complexity index is 2680. The van der Waals surface area contributed by atoms with Crippen LogP contribution in [-0.4, -0.2) is 115 Å². The fraction of sp³-hybridized carbons (Fsp3) is 0.806. The smallest absolute Gasteiger partial charge is 0.328 e. The molecule has 0 N–H and O–H groups in total. The summed E-state index contributed by atoms with van der Waals surface area (Å²) in [6.45, 7) is 14.7. The molecule has 22 heteroatoms. The van der Waals surface area contributed by atoms with Gasteiger partial charge in [-0.3, -0.25) is 38.4 Å². The van der Waals surface area contributed by atoms with Crippen LogP contribution < -0.4 is 0 Å². The molecule has 0 aliphatic heterocycles. The molecule has 0 spiro atoms. The highest BCUT2D eigenvalue weighted by Crippen LogP contribution is 2.71. The van der Waals surface area contributed by atoms with Gasteiger partial charge in [0.25, 0.3) is 25.9 Å². The van der Waals surface area contributed by atoms with Crippen molar-refractivity contribution in [1.29, 1.82) is 0 Å². The van der Waals surface area contributed by atoms with Crippen LogP contribution in [0, 0.1) is 105 Å².